The van der Waals surface area contributed by atoms with Crippen molar-refractivity contribution in [1.29, 1.82) is 0 Å². The average molecular weight is 185 g/mol. The maximum Gasteiger partial charge on any atom is 0.0246 e. The lowest BCUT2D eigenvalue weighted by Crippen LogP contribution is -2.29. The first-order valence-electron chi connectivity index (χ1n) is 4.90. The van der Waals surface area contributed by atoms with E-state index in [9.17, 15) is 0 Å². The molecule has 0 atom stereocenters. The second kappa shape index (κ2) is 3.81. The molecule has 14 heavy (non-hydrogen) atoms. The van der Waals surface area contributed by atoms with Crippen molar-refractivity contribution in [2.45, 2.75) is 6.54 Å². The Labute approximate surface area is 85.4 Å². The minimum Gasteiger partial charge on any atom is -0.291 e. The maximum absolute atomic E-state index is 4.11. The average Bonchev–Trinajstić information content (AvgIpc) is 2.18. The molecule has 1 heteroatoms. The fourth-order valence-corrected chi connectivity index (χ4v) is 1.97. The first-order chi connectivity index (χ1) is 6.81. The largest absolute Gasteiger partial charge is 0.291 e. The second-order valence-electron chi connectivity index (χ2n) is 3.72. The molecule has 1 aromatic rings. The highest BCUT2D eigenvalue weighted by molar-refractivity contribution is 5.69. The van der Waals surface area contributed by atoms with Gasteiger partial charge in [0.1, 0.15) is 0 Å². The minimum atomic E-state index is 0.938. The third-order valence-electron chi connectivity index (χ3n) is 2.59. The summed E-state index contributed by atoms with van der Waals surface area (Å²) in [7, 11) is 0. The van der Waals surface area contributed by atoms with Gasteiger partial charge in [0.15, 0.2) is 0 Å². The molecule has 0 saturated heterocycles. The van der Waals surface area contributed by atoms with Crippen LogP contribution >= 0.6 is 0 Å². The Hall–Kier alpha value is -1.34. The molecular formula is C13H15N. The summed E-state index contributed by atoms with van der Waals surface area (Å²) >= 11 is 0. The maximum atomic E-state index is 4.11. The lowest BCUT2D eigenvalue weighted by molar-refractivity contribution is 0.324. The minimum absolute atomic E-state index is 0.938. The first kappa shape index (κ1) is 9.22. The Kier molecular flexibility index (Phi) is 2.51. The summed E-state index contributed by atoms with van der Waals surface area (Å²) in [6.45, 7) is 10.8. The third-order valence-corrected chi connectivity index (χ3v) is 2.59. The molecule has 1 aliphatic rings. The number of fused-ring (bicyclic) bond motifs is 1. The molecule has 0 aromatic heterocycles. The topological polar surface area (TPSA) is 3.24 Å². The predicted molar refractivity (Wildman–Crippen MR) is 61.0 cm³/mol. The summed E-state index contributed by atoms with van der Waals surface area (Å²) in [5, 5.41) is 0. The molecule has 0 fully saturated rings. The normalized spacial score (nSPS) is 16.4. The fourth-order valence-electron chi connectivity index (χ4n) is 1.97. The van der Waals surface area contributed by atoms with Gasteiger partial charge in [-0.1, -0.05) is 36.9 Å². The van der Waals surface area contributed by atoms with Crippen LogP contribution in [0.4, 0.5) is 0 Å². The van der Waals surface area contributed by atoms with Gasteiger partial charge in [0.05, 0.1) is 0 Å². The highest BCUT2D eigenvalue weighted by Crippen LogP contribution is 2.25. The van der Waals surface area contributed by atoms with Gasteiger partial charge in [-0.15, -0.1) is 6.58 Å². The molecule has 1 nitrogen and oxygen atoms in total. The van der Waals surface area contributed by atoms with Gasteiger partial charge in [-0.05, 0) is 16.7 Å². The smallest absolute Gasteiger partial charge is 0.0246 e. The van der Waals surface area contributed by atoms with E-state index >= 15 is 0 Å². The van der Waals surface area contributed by atoms with Crippen molar-refractivity contribution in [3.63, 3.8) is 0 Å². The molecule has 0 radical (unpaired) electrons. The van der Waals surface area contributed by atoms with Crippen LogP contribution in [0.5, 0.6) is 0 Å². The van der Waals surface area contributed by atoms with Crippen molar-refractivity contribution < 1.29 is 0 Å². The van der Waals surface area contributed by atoms with E-state index in [1.807, 2.05) is 6.08 Å². The summed E-state index contributed by atoms with van der Waals surface area (Å²) < 4.78 is 0. The van der Waals surface area contributed by atoms with Crippen LogP contribution in [0.3, 0.4) is 0 Å². The molecule has 1 aliphatic heterocycles. The molecule has 0 bridgehead atoms. The Morgan fingerprint density at radius 3 is 2.86 bits per heavy atom. The molecule has 1 heterocycles. The van der Waals surface area contributed by atoms with E-state index in [1.165, 1.54) is 16.7 Å². The van der Waals surface area contributed by atoms with E-state index < -0.39 is 0 Å². The van der Waals surface area contributed by atoms with Crippen molar-refractivity contribution in [2.24, 2.45) is 0 Å². The van der Waals surface area contributed by atoms with E-state index in [1.54, 1.807) is 0 Å². The summed E-state index contributed by atoms with van der Waals surface area (Å²) in [5.41, 5.74) is 3.92. The zero-order valence-corrected chi connectivity index (χ0v) is 8.37. The number of rotatable bonds is 2. The van der Waals surface area contributed by atoms with Crippen LogP contribution in [0.15, 0.2) is 43.5 Å². The van der Waals surface area contributed by atoms with Gasteiger partial charge in [-0.2, -0.15) is 0 Å². The Bertz CT molecular complexity index is 365. The van der Waals surface area contributed by atoms with Crippen LogP contribution in [-0.4, -0.2) is 18.0 Å². The number of hydrogen-bond donors (Lipinski definition) is 0. The fraction of sp³-hybridized carbons (Fsp3) is 0.231. The second-order valence-corrected chi connectivity index (χ2v) is 3.72. The lowest BCUT2D eigenvalue weighted by Gasteiger charge is -2.29. The SMILES string of the molecule is C=CCN1CC(=C)c2ccccc2C1. The summed E-state index contributed by atoms with van der Waals surface area (Å²) in [5.74, 6) is 0. The van der Waals surface area contributed by atoms with Crippen molar-refractivity contribution in [1.82, 2.24) is 4.90 Å². The first-order valence-corrected chi connectivity index (χ1v) is 4.90. The highest BCUT2D eigenvalue weighted by Gasteiger charge is 2.16. The standard InChI is InChI=1S/C13H15N/c1-3-8-14-9-11(2)13-7-5-4-6-12(13)10-14/h3-7H,1-2,8-10H2. The molecule has 0 aliphatic carbocycles. The van der Waals surface area contributed by atoms with Crippen molar-refractivity contribution in [2.75, 3.05) is 13.1 Å². The van der Waals surface area contributed by atoms with Crippen LogP contribution in [0.1, 0.15) is 11.1 Å². The molecule has 0 N–H and O–H groups in total. The molecule has 0 spiro atoms. The summed E-state index contributed by atoms with van der Waals surface area (Å²) in [6.07, 6.45) is 1.95. The van der Waals surface area contributed by atoms with Gasteiger partial charge in [-0.3, -0.25) is 4.90 Å². The predicted octanol–water partition coefficient (Wildman–Crippen LogP) is 2.70. The van der Waals surface area contributed by atoms with Gasteiger partial charge in [0.25, 0.3) is 0 Å². The molecular weight excluding hydrogens is 170 g/mol. The lowest BCUT2D eigenvalue weighted by atomic mass is 9.96. The molecule has 0 amide bonds. The number of nitrogens with zero attached hydrogens (tertiary/aromatic N) is 1. The monoisotopic (exact) mass is 185 g/mol. The van der Waals surface area contributed by atoms with Gasteiger partial charge in [0.2, 0.25) is 0 Å². The van der Waals surface area contributed by atoms with Gasteiger partial charge in [0, 0.05) is 19.6 Å². The summed E-state index contributed by atoms with van der Waals surface area (Å²) in [4.78, 5) is 2.34. The van der Waals surface area contributed by atoms with Crippen LogP contribution in [-0.2, 0) is 6.54 Å². The van der Waals surface area contributed by atoms with E-state index in [4.69, 9.17) is 0 Å². The van der Waals surface area contributed by atoms with Crippen molar-refractivity contribution in [3.05, 3.63) is 54.6 Å². The van der Waals surface area contributed by atoms with Gasteiger partial charge in [-0.25, -0.2) is 0 Å². The third kappa shape index (κ3) is 1.64. The van der Waals surface area contributed by atoms with E-state index in [-0.39, 0.29) is 0 Å². The Morgan fingerprint density at radius 2 is 2.07 bits per heavy atom. The number of benzene rings is 1. The van der Waals surface area contributed by atoms with Crippen molar-refractivity contribution in [3.8, 4) is 0 Å². The summed E-state index contributed by atoms with van der Waals surface area (Å²) in [6, 6.07) is 8.50. The van der Waals surface area contributed by atoms with Crippen molar-refractivity contribution >= 4 is 5.57 Å². The molecule has 0 unspecified atom stereocenters. The van der Waals surface area contributed by atoms with Crippen LogP contribution in [0.25, 0.3) is 5.57 Å². The van der Waals surface area contributed by atoms with E-state index in [0.29, 0.717) is 0 Å². The molecule has 0 saturated carbocycles. The van der Waals surface area contributed by atoms with Crippen LogP contribution < -0.4 is 0 Å². The van der Waals surface area contributed by atoms with Gasteiger partial charge < -0.3 is 0 Å². The van der Waals surface area contributed by atoms with Crippen LogP contribution in [0.2, 0.25) is 0 Å². The zero-order chi connectivity index (χ0) is 9.97. The van der Waals surface area contributed by atoms with E-state index in [2.05, 4.69) is 42.3 Å². The Morgan fingerprint density at radius 1 is 1.29 bits per heavy atom. The number of hydrogen-bond acceptors (Lipinski definition) is 1. The zero-order valence-electron chi connectivity index (χ0n) is 8.37. The molecule has 72 valence electrons. The van der Waals surface area contributed by atoms with E-state index in [0.717, 1.165) is 19.6 Å². The molecule has 1 aromatic carbocycles. The highest BCUT2D eigenvalue weighted by atomic mass is 15.1. The molecule has 2 rings (SSSR count). The quantitative estimate of drug-likeness (QED) is 0.640. The van der Waals surface area contributed by atoms with Gasteiger partial charge >= 0.3 is 0 Å². The van der Waals surface area contributed by atoms with Crippen LogP contribution in [0, 0.1) is 0 Å². The Balaban J connectivity index is 2.28.